The molecule has 0 spiro atoms. The lowest BCUT2D eigenvalue weighted by molar-refractivity contribution is -0.135. The number of aromatic amines is 3. The van der Waals surface area contributed by atoms with Crippen LogP contribution in [-0.2, 0) is 57.6 Å². The van der Waals surface area contributed by atoms with Crippen LogP contribution in [0.2, 0.25) is 0 Å². The molecule has 0 aliphatic carbocycles. The Morgan fingerprint density at radius 1 is 0.396 bits per heavy atom. The van der Waals surface area contributed by atoms with Crippen LogP contribution in [0.25, 0.3) is 32.7 Å². The number of nitrogens with one attached hydrogen (secondary N) is 10. The van der Waals surface area contributed by atoms with Gasteiger partial charge in [0.2, 0.25) is 47.3 Å². The fourth-order valence-electron chi connectivity index (χ4n) is 11.3. The molecule has 6 rings (SSSR count). The number of primary amides is 1. The number of carbonyl (C=O) groups is 8. The first-order valence-electron chi connectivity index (χ1n) is 33.2. The Morgan fingerprint density at radius 2 is 0.740 bits per heavy atom. The van der Waals surface area contributed by atoms with E-state index in [4.69, 9.17) is 45.9 Å². The molecule has 0 radical (unpaired) electrons. The Hall–Kier alpha value is -10.2. The van der Waals surface area contributed by atoms with Crippen molar-refractivity contribution in [3.05, 3.63) is 108 Å². The number of guanidine groups is 3. The van der Waals surface area contributed by atoms with Gasteiger partial charge in [0.25, 0.3) is 0 Å². The van der Waals surface area contributed by atoms with Gasteiger partial charge in [-0.1, -0.05) is 100 Å². The molecule has 29 nitrogen and oxygen atoms in total. The molecular weight excluding hydrogens is 1230 g/mol. The molecule has 96 heavy (non-hydrogen) atoms. The van der Waals surface area contributed by atoms with Crippen LogP contribution >= 0.6 is 0 Å². The summed E-state index contributed by atoms with van der Waals surface area (Å²) < 4.78 is 0. The van der Waals surface area contributed by atoms with Gasteiger partial charge in [0, 0.05) is 103 Å². The Kier molecular flexibility index (Phi) is 30.8. The van der Waals surface area contributed by atoms with E-state index in [2.05, 4.69) is 74.1 Å². The predicted octanol–water partition coefficient (Wildman–Crippen LogP) is 1.47. The standard InChI is InChI=1S/C67H99N21O8/c1-2-3-4-5-6-7-8-30-57(89)76-31-16-15-27-51(58(69)90)83-62(94)55(36-42-39-81-49-25-13-10-21-45(42)49)87-60(92)53(29-19-34-79-67(74)75)85-64(96)56(37-43-40-82-50-26-14-11-22-46(43)50)88-61(93)52(28-18-33-78-66(72)73)84-63(95)54(35-41-38-80-48-24-12-9-20-44(41)48)86-59(91)47(68)23-17-32-77-65(70)71/h9-14,20-22,24-26,38-40,47,51-56,80-82H,2-8,15-19,23,27-37,68H2,1H3,(H2,69,90)(H,76,89)(H,83,94)(H,84,95)(H,85,96)(H,86,91)(H,87,92)(H,88,93)(H4,70,71,77)(H4,72,73,78)(H4,74,75,79)/t47-,51+,52+,53+,54+,55+,56-/m1/s1. The number of carbonyl (C=O) groups excluding carboxylic acids is 8. The molecule has 3 aromatic carbocycles. The number of hydrogen-bond acceptors (Lipinski definition) is 12. The molecule has 8 amide bonds. The third-order valence-electron chi connectivity index (χ3n) is 16.6. The van der Waals surface area contributed by atoms with Crippen LogP contribution in [0.3, 0.4) is 0 Å². The van der Waals surface area contributed by atoms with Gasteiger partial charge in [-0.15, -0.1) is 0 Å². The van der Waals surface area contributed by atoms with Crippen molar-refractivity contribution in [2.24, 2.45) is 60.8 Å². The lowest BCUT2D eigenvalue weighted by Crippen LogP contribution is -2.60. The minimum atomic E-state index is -1.46. The molecule has 29 heteroatoms. The summed E-state index contributed by atoms with van der Waals surface area (Å²) in [6, 6.07) is 12.9. The molecule has 0 bridgehead atoms. The number of para-hydroxylation sites is 3. The van der Waals surface area contributed by atoms with Crippen LogP contribution in [0.4, 0.5) is 0 Å². The van der Waals surface area contributed by atoms with Crippen molar-refractivity contribution in [2.75, 3.05) is 26.2 Å². The van der Waals surface area contributed by atoms with Crippen LogP contribution in [0.5, 0.6) is 0 Å². The molecule has 3 aromatic heterocycles. The van der Waals surface area contributed by atoms with Crippen molar-refractivity contribution in [2.45, 2.75) is 178 Å². The smallest absolute Gasteiger partial charge is 0.243 e. The van der Waals surface area contributed by atoms with Gasteiger partial charge in [-0.25, -0.2) is 0 Å². The van der Waals surface area contributed by atoms with E-state index >= 15 is 14.4 Å². The first kappa shape index (κ1) is 74.8. The van der Waals surface area contributed by atoms with Gasteiger partial charge >= 0.3 is 0 Å². The lowest BCUT2D eigenvalue weighted by atomic mass is 10.0. The van der Waals surface area contributed by atoms with Crippen molar-refractivity contribution < 1.29 is 38.4 Å². The summed E-state index contributed by atoms with van der Waals surface area (Å²) in [5, 5.41) is 22.2. The van der Waals surface area contributed by atoms with Crippen molar-refractivity contribution in [1.29, 1.82) is 0 Å². The Labute approximate surface area is 558 Å². The second-order valence-electron chi connectivity index (χ2n) is 24.1. The van der Waals surface area contributed by atoms with E-state index in [0.29, 0.717) is 48.9 Å². The molecule has 0 aliphatic rings. The van der Waals surface area contributed by atoms with Gasteiger partial charge in [0.1, 0.15) is 36.3 Å². The number of nitrogens with zero attached hydrogens (tertiary/aromatic N) is 3. The summed E-state index contributed by atoms with van der Waals surface area (Å²) in [6.45, 7) is 2.83. The van der Waals surface area contributed by atoms with Gasteiger partial charge in [-0.05, 0) is 99.1 Å². The number of aromatic nitrogens is 3. The number of nitrogens with two attached hydrogens (primary N) is 8. The molecule has 0 saturated carbocycles. The fraction of sp³-hybridized carbons (Fsp3) is 0.478. The minimum Gasteiger partial charge on any atom is -0.370 e. The summed E-state index contributed by atoms with van der Waals surface area (Å²) in [5.41, 5.74) is 50.1. The van der Waals surface area contributed by atoms with E-state index < -0.39 is 83.6 Å². The zero-order valence-electron chi connectivity index (χ0n) is 54.9. The number of unbranched alkanes of at least 4 members (excludes halogenated alkanes) is 7. The van der Waals surface area contributed by atoms with Crippen LogP contribution in [0.15, 0.2) is 106 Å². The molecule has 0 aliphatic heterocycles. The molecule has 0 fully saturated rings. The number of H-pyrrole nitrogens is 3. The monoisotopic (exact) mass is 1330 g/mol. The fourth-order valence-corrected chi connectivity index (χ4v) is 11.3. The number of rotatable bonds is 44. The zero-order chi connectivity index (χ0) is 69.4. The van der Waals surface area contributed by atoms with Crippen molar-refractivity contribution >= 4 is 97.8 Å². The van der Waals surface area contributed by atoms with E-state index in [9.17, 15) is 24.0 Å². The highest BCUT2D eigenvalue weighted by Gasteiger charge is 2.35. The van der Waals surface area contributed by atoms with Crippen LogP contribution in [-0.4, -0.2) is 149 Å². The number of amides is 8. The maximum atomic E-state index is 15.3. The van der Waals surface area contributed by atoms with Gasteiger partial charge in [-0.3, -0.25) is 53.3 Å². The lowest BCUT2D eigenvalue weighted by Gasteiger charge is -2.28. The highest BCUT2D eigenvalue weighted by molar-refractivity contribution is 5.99. The summed E-state index contributed by atoms with van der Waals surface area (Å²) in [4.78, 5) is 136. The van der Waals surface area contributed by atoms with E-state index in [1.807, 2.05) is 72.8 Å². The molecule has 3 heterocycles. The van der Waals surface area contributed by atoms with Crippen molar-refractivity contribution in [3.63, 3.8) is 0 Å². The maximum Gasteiger partial charge on any atom is 0.243 e. The Bertz CT molecular complexity index is 3600. The van der Waals surface area contributed by atoms with Crippen LogP contribution in [0.1, 0.15) is 133 Å². The minimum absolute atomic E-state index is 0.0360. The van der Waals surface area contributed by atoms with E-state index in [1.165, 1.54) is 19.3 Å². The molecule has 6 aromatic rings. The summed E-state index contributed by atoms with van der Waals surface area (Å²) in [6.07, 6.45) is 14.6. The number of hydrogen-bond donors (Lipinski definition) is 18. The van der Waals surface area contributed by atoms with Gasteiger partial charge < -0.3 is 98.0 Å². The molecular formula is C67H99N21O8. The first-order chi connectivity index (χ1) is 46.2. The maximum absolute atomic E-state index is 15.3. The number of benzene rings is 3. The SMILES string of the molecule is CCCCCCCCCC(=O)NCCCC[C@H](NC(=O)[C@H](Cc1c[nH]c2ccccc12)NC(=O)[C@H](CCCN=C(N)N)NC(=O)[C@@H](Cc1c[nH]c2ccccc12)NC(=O)[C@H](CCCN=C(N)N)NC(=O)[C@H](Cc1c[nH]c2ccccc12)NC(=O)[C@H](N)CCCN=C(N)N)C(N)=O. The molecule has 0 saturated heterocycles. The van der Waals surface area contributed by atoms with Gasteiger partial charge in [0.15, 0.2) is 17.9 Å². The number of aliphatic imine (C=N–C) groups is 3. The Balaban J connectivity index is 1.27. The second-order valence-corrected chi connectivity index (χ2v) is 24.1. The van der Waals surface area contributed by atoms with E-state index in [1.54, 1.807) is 18.6 Å². The largest absolute Gasteiger partial charge is 0.370 e. The third kappa shape index (κ3) is 24.9. The predicted molar refractivity (Wildman–Crippen MR) is 374 cm³/mol. The molecule has 520 valence electrons. The normalized spacial score (nSPS) is 13.4. The second kappa shape index (κ2) is 39.5. The van der Waals surface area contributed by atoms with Crippen LogP contribution < -0.4 is 83.1 Å². The highest BCUT2D eigenvalue weighted by atomic mass is 16.2. The zero-order valence-corrected chi connectivity index (χ0v) is 54.9. The average Bonchev–Trinajstić information content (AvgIpc) is 1.65. The summed E-state index contributed by atoms with van der Waals surface area (Å²) >= 11 is 0. The Morgan fingerprint density at radius 3 is 1.15 bits per heavy atom. The topological polar surface area (TPSA) is 513 Å². The van der Waals surface area contributed by atoms with Gasteiger partial charge in [0.05, 0.1) is 6.04 Å². The average molecular weight is 1330 g/mol. The van der Waals surface area contributed by atoms with Crippen LogP contribution in [0, 0.1) is 0 Å². The summed E-state index contributed by atoms with van der Waals surface area (Å²) in [5.74, 6) is -6.02. The molecule has 7 atom stereocenters. The molecule has 26 N–H and O–H groups in total. The third-order valence-corrected chi connectivity index (χ3v) is 16.6. The quantitative estimate of drug-likeness (QED) is 0.0146. The number of fused-ring (bicyclic) bond motifs is 3. The van der Waals surface area contributed by atoms with E-state index in [-0.39, 0.29) is 101 Å². The first-order valence-corrected chi connectivity index (χ1v) is 33.2. The summed E-state index contributed by atoms with van der Waals surface area (Å²) in [7, 11) is 0. The van der Waals surface area contributed by atoms with Crippen molar-refractivity contribution in [3.8, 4) is 0 Å². The van der Waals surface area contributed by atoms with Gasteiger partial charge in [-0.2, -0.15) is 0 Å². The van der Waals surface area contributed by atoms with Crippen molar-refractivity contribution in [1.82, 2.24) is 52.2 Å². The highest BCUT2D eigenvalue weighted by Crippen LogP contribution is 2.23. The van der Waals surface area contributed by atoms with E-state index in [0.717, 1.165) is 58.4 Å². The molecule has 0 unspecified atom stereocenters.